The molecule has 6 nitrogen and oxygen atoms in total. The van der Waals surface area contributed by atoms with Crippen LogP contribution < -0.4 is 5.32 Å². The number of carbonyl (C=O) groups is 3. The van der Waals surface area contributed by atoms with Crippen LogP contribution in [0.2, 0.25) is 0 Å². The summed E-state index contributed by atoms with van der Waals surface area (Å²) >= 11 is 7.22. The molecule has 0 bridgehead atoms. The van der Waals surface area contributed by atoms with Crippen LogP contribution in [0.1, 0.15) is 38.3 Å². The predicted molar refractivity (Wildman–Crippen MR) is 150 cm³/mol. The molecule has 1 aliphatic rings. The number of aromatic carboxylic acids is 1. The maximum atomic E-state index is 13.2. The maximum absolute atomic E-state index is 13.2. The number of rotatable bonds is 8. The van der Waals surface area contributed by atoms with E-state index in [4.69, 9.17) is 17.3 Å². The van der Waals surface area contributed by atoms with Gasteiger partial charge in [0.25, 0.3) is 5.91 Å². The summed E-state index contributed by atoms with van der Waals surface area (Å²) in [5.41, 5.74) is -2.38. The Bertz CT molecular complexity index is 1560. The number of hydrogen-bond donors (Lipinski definition) is 2. The first-order chi connectivity index (χ1) is 19.6. The van der Waals surface area contributed by atoms with Crippen LogP contribution in [-0.4, -0.2) is 38.7 Å². The first kappa shape index (κ1) is 31.3. The Kier molecular flexibility index (Phi) is 9.13. The molecule has 0 aliphatic carbocycles. The van der Waals surface area contributed by atoms with Gasteiger partial charge in [0, 0.05) is 24.4 Å². The molecule has 1 aromatic heterocycles. The zero-order valence-electron chi connectivity index (χ0n) is 21.0. The third-order valence-electron chi connectivity index (χ3n) is 5.91. The number of nitrogens with one attached hydrogen (secondary N) is 1. The third-order valence-corrected chi connectivity index (χ3v) is 8.17. The number of hydrogen-bond acceptors (Lipinski definition) is 6. The molecule has 1 saturated heterocycles. The Morgan fingerprint density at radius 3 is 2.26 bits per heavy atom. The normalized spacial score (nSPS) is 15.0. The molecule has 0 spiro atoms. The molecule has 2 aromatic carbocycles. The van der Waals surface area contributed by atoms with Crippen molar-refractivity contribution in [2.24, 2.45) is 0 Å². The highest BCUT2D eigenvalue weighted by atomic mass is 32.2. The zero-order chi connectivity index (χ0) is 30.8. The van der Waals surface area contributed by atoms with Gasteiger partial charge in [0.05, 0.1) is 21.6 Å². The lowest BCUT2D eigenvalue weighted by Gasteiger charge is -2.14. The Hall–Kier alpha value is -3.69. The molecule has 220 valence electrons. The molecule has 2 N–H and O–H groups in total. The van der Waals surface area contributed by atoms with Gasteiger partial charge in [0.1, 0.15) is 4.32 Å². The predicted octanol–water partition coefficient (Wildman–Crippen LogP) is 7.06. The number of thiophene rings is 1. The van der Waals surface area contributed by atoms with Gasteiger partial charge < -0.3 is 10.4 Å². The van der Waals surface area contributed by atoms with E-state index in [-0.39, 0.29) is 51.5 Å². The van der Waals surface area contributed by atoms with E-state index < -0.39 is 41.3 Å². The highest BCUT2D eigenvalue weighted by Crippen LogP contribution is 2.40. The van der Waals surface area contributed by atoms with E-state index in [2.05, 4.69) is 5.32 Å². The zero-order valence-corrected chi connectivity index (χ0v) is 23.5. The van der Waals surface area contributed by atoms with Gasteiger partial charge in [-0.2, -0.15) is 26.3 Å². The van der Waals surface area contributed by atoms with Gasteiger partial charge in [-0.15, -0.1) is 11.3 Å². The quantitative estimate of drug-likeness (QED) is 0.155. The van der Waals surface area contributed by atoms with E-state index in [0.717, 1.165) is 23.1 Å². The molecule has 1 fully saturated rings. The maximum Gasteiger partial charge on any atom is 0.416 e. The van der Waals surface area contributed by atoms with Gasteiger partial charge in [-0.05, 0) is 64.5 Å². The lowest BCUT2D eigenvalue weighted by atomic mass is 10.0. The molecule has 0 unspecified atom stereocenters. The monoisotopic (exact) mass is 644 g/mol. The lowest BCUT2D eigenvalue weighted by Crippen LogP contribution is -2.33. The van der Waals surface area contributed by atoms with Crippen LogP contribution in [0.5, 0.6) is 0 Å². The molecule has 2 heterocycles. The minimum atomic E-state index is -4.98. The molecular weight excluding hydrogens is 626 g/mol. The molecule has 0 radical (unpaired) electrons. The Balaban J connectivity index is 1.42. The number of carbonyl (C=O) groups excluding carboxylic acids is 2. The van der Waals surface area contributed by atoms with E-state index >= 15 is 0 Å². The lowest BCUT2D eigenvalue weighted by molar-refractivity contribution is -0.143. The van der Waals surface area contributed by atoms with Crippen molar-refractivity contribution in [1.29, 1.82) is 0 Å². The minimum absolute atomic E-state index is 0.0385. The minimum Gasteiger partial charge on any atom is -0.478 e. The topological polar surface area (TPSA) is 86.7 Å². The number of thiocarbonyl (C=S) groups is 1. The average Bonchev–Trinajstić information content (AvgIpc) is 3.49. The number of benzene rings is 2. The second kappa shape index (κ2) is 12.3. The summed E-state index contributed by atoms with van der Waals surface area (Å²) in [6.07, 6.45) is -8.63. The van der Waals surface area contributed by atoms with Gasteiger partial charge in [0.15, 0.2) is 0 Å². The van der Waals surface area contributed by atoms with Crippen LogP contribution in [0.3, 0.4) is 0 Å². The molecule has 4 rings (SSSR count). The smallest absolute Gasteiger partial charge is 0.416 e. The standard InChI is InChI=1S/C27H18F6N2O4S3/c28-26(29,30)18-7-16(8-19(10-18)27(31,32)33)17-9-20(41-13-17)11-21-23(37)35(25(40)42-21)5-4-22(36)34-12-14-2-1-3-15(6-14)24(38)39/h1-3,6-11,13H,4-5,12H2,(H,34,36)(H,38,39). The second-order valence-electron chi connectivity index (χ2n) is 8.90. The molecule has 1 aliphatic heterocycles. The summed E-state index contributed by atoms with van der Waals surface area (Å²) < 4.78 is 79.6. The Labute approximate surface area is 248 Å². The molecule has 3 aromatic rings. The summed E-state index contributed by atoms with van der Waals surface area (Å²) in [4.78, 5) is 38.1. The highest BCUT2D eigenvalue weighted by Gasteiger charge is 2.37. The third kappa shape index (κ3) is 7.57. The van der Waals surface area contributed by atoms with Gasteiger partial charge >= 0.3 is 18.3 Å². The first-order valence-corrected chi connectivity index (χ1v) is 13.9. The fourth-order valence-corrected chi connectivity index (χ4v) is 6.06. The number of nitrogens with zero attached hydrogens (tertiary/aromatic N) is 1. The van der Waals surface area contributed by atoms with Gasteiger partial charge in [-0.25, -0.2) is 4.79 Å². The van der Waals surface area contributed by atoms with Crippen LogP contribution in [0, 0.1) is 0 Å². The number of carboxylic acids is 1. The van der Waals surface area contributed by atoms with E-state index in [1.54, 1.807) is 12.1 Å². The largest absolute Gasteiger partial charge is 0.478 e. The number of halogens is 6. The summed E-state index contributed by atoms with van der Waals surface area (Å²) in [5, 5.41) is 13.1. The highest BCUT2D eigenvalue weighted by molar-refractivity contribution is 8.26. The summed E-state index contributed by atoms with van der Waals surface area (Å²) in [7, 11) is 0. The Morgan fingerprint density at radius 1 is 0.976 bits per heavy atom. The molecule has 15 heteroatoms. The second-order valence-corrected chi connectivity index (χ2v) is 11.5. The van der Waals surface area contributed by atoms with Crippen molar-refractivity contribution in [3.05, 3.63) is 85.9 Å². The van der Waals surface area contributed by atoms with E-state index in [0.29, 0.717) is 22.6 Å². The van der Waals surface area contributed by atoms with Crippen molar-refractivity contribution < 1.29 is 45.8 Å². The Morgan fingerprint density at radius 2 is 1.64 bits per heavy atom. The molecular formula is C27H18F6N2O4S3. The number of alkyl halides is 6. The average molecular weight is 645 g/mol. The van der Waals surface area contributed by atoms with Crippen molar-refractivity contribution in [3.63, 3.8) is 0 Å². The van der Waals surface area contributed by atoms with Crippen LogP contribution in [0.25, 0.3) is 17.2 Å². The van der Waals surface area contributed by atoms with Crippen molar-refractivity contribution >= 4 is 63.5 Å². The van der Waals surface area contributed by atoms with Crippen LogP contribution in [-0.2, 0) is 28.5 Å². The summed E-state index contributed by atoms with van der Waals surface area (Å²) in [6.45, 7) is 0.0401. The summed E-state index contributed by atoms with van der Waals surface area (Å²) in [6, 6.07) is 8.74. The van der Waals surface area contributed by atoms with Crippen molar-refractivity contribution in [1.82, 2.24) is 10.2 Å². The SMILES string of the molecule is O=C(CCN1C(=O)C(=Cc2cc(-c3cc(C(F)(F)F)cc(C(F)(F)F)c3)cs2)SC1=S)NCc1cccc(C(=O)O)c1. The van der Waals surface area contributed by atoms with E-state index in [1.165, 1.54) is 34.6 Å². The molecule has 42 heavy (non-hydrogen) atoms. The van der Waals surface area contributed by atoms with Gasteiger partial charge in [-0.1, -0.05) is 36.1 Å². The first-order valence-electron chi connectivity index (χ1n) is 11.8. The van der Waals surface area contributed by atoms with Crippen molar-refractivity contribution in [2.75, 3.05) is 6.54 Å². The fraction of sp³-hybridized carbons (Fsp3) is 0.185. The molecule has 0 atom stereocenters. The number of thioether (sulfide) groups is 1. The van der Waals surface area contributed by atoms with Crippen molar-refractivity contribution in [2.45, 2.75) is 25.3 Å². The molecule has 2 amide bonds. The van der Waals surface area contributed by atoms with E-state index in [1.807, 2.05) is 0 Å². The van der Waals surface area contributed by atoms with Gasteiger partial charge in [-0.3, -0.25) is 14.5 Å². The number of amides is 2. The van der Waals surface area contributed by atoms with Crippen LogP contribution in [0.15, 0.2) is 58.8 Å². The van der Waals surface area contributed by atoms with Gasteiger partial charge in [0.2, 0.25) is 5.91 Å². The van der Waals surface area contributed by atoms with E-state index in [9.17, 15) is 40.7 Å². The summed E-state index contributed by atoms with van der Waals surface area (Å²) in [5.74, 6) is -2.01. The molecule has 0 saturated carbocycles. The number of carboxylic acid groups (broad SMARTS) is 1. The van der Waals surface area contributed by atoms with Crippen LogP contribution in [0.4, 0.5) is 26.3 Å². The van der Waals surface area contributed by atoms with Crippen molar-refractivity contribution in [3.8, 4) is 11.1 Å². The fourth-order valence-electron chi connectivity index (χ4n) is 3.84. The van der Waals surface area contributed by atoms with Crippen LogP contribution >= 0.6 is 35.3 Å².